The van der Waals surface area contributed by atoms with Crippen molar-refractivity contribution in [1.29, 1.82) is 0 Å². The second-order valence-corrected chi connectivity index (χ2v) is 10.1. The van der Waals surface area contributed by atoms with E-state index in [4.69, 9.17) is 0 Å². The topological polar surface area (TPSA) is 49.4 Å². The number of carbonyl (C=O) groups excluding carboxylic acids is 2. The quantitative estimate of drug-likeness (QED) is 0.749. The standard InChI is InChI=1S/C28H34N2O2/c1-20-8-5-11-22(18-20)27(32)29-25-14-16-28-15-7-17-30(28)26(31)13-6-12-24(28)23(25)19-21-9-3-2-4-10-21/h2-5,8-11,18,23-25H,6-7,12-17,19H2,1H3,(H,29,32)/t23-,24+,25+,28-/m1/s1. The predicted octanol–water partition coefficient (Wildman–Crippen LogP) is 4.91. The van der Waals surface area contributed by atoms with E-state index in [1.165, 1.54) is 5.56 Å². The maximum Gasteiger partial charge on any atom is 0.251 e. The van der Waals surface area contributed by atoms with Crippen LogP contribution < -0.4 is 5.32 Å². The first kappa shape index (κ1) is 21.2. The molecular formula is C28H34N2O2. The molecule has 2 amide bonds. The van der Waals surface area contributed by atoms with Gasteiger partial charge < -0.3 is 10.2 Å². The molecule has 3 aliphatic rings. The highest BCUT2D eigenvalue weighted by atomic mass is 16.2. The Labute approximate surface area is 191 Å². The fraction of sp³-hybridized carbons (Fsp3) is 0.500. The van der Waals surface area contributed by atoms with Crippen LogP contribution in [0.4, 0.5) is 0 Å². The van der Waals surface area contributed by atoms with Crippen LogP contribution in [0.25, 0.3) is 0 Å². The molecule has 5 rings (SSSR count). The summed E-state index contributed by atoms with van der Waals surface area (Å²) in [5.41, 5.74) is 3.16. The minimum atomic E-state index is -0.00239. The summed E-state index contributed by atoms with van der Waals surface area (Å²) >= 11 is 0. The van der Waals surface area contributed by atoms with Crippen LogP contribution in [0, 0.1) is 18.8 Å². The summed E-state index contributed by atoms with van der Waals surface area (Å²) in [6.07, 6.45) is 7.85. The number of nitrogens with one attached hydrogen (secondary N) is 1. The fourth-order valence-electron chi connectivity index (χ4n) is 6.88. The Morgan fingerprint density at radius 3 is 2.72 bits per heavy atom. The molecule has 2 aliphatic heterocycles. The number of carbonyl (C=O) groups is 2. The van der Waals surface area contributed by atoms with Gasteiger partial charge in [0.1, 0.15) is 0 Å². The zero-order valence-electron chi connectivity index (χ0n) is 19.1. The van der Waals surface area contributed by atoms with Crippen LogP contribution in [-0.4, -0.2) is 34.8 Å². The fourth-order valence-corrected chi connectivity index (χ4v) is 6.88. The Bertz CT molecular complexity index is 988. The third kappa shape index (κ3) is 3.85. The smallest absolute Gasteiger partial charge is 0.251 e. The lowest BCUT2D eigenvalue weighted by molar-refractivity contribution is -0.138. The maximum atomic E-state index is 13.2. The molecule has 0 bridgehead atoms. The summed E-state index contributed by atoms with van der Waals surface area (Å²) in [6.45, 7) is 2.93. The second kappa shape index (κ2) is 8.73. The van der Waals surface area contributed by atoms with Gasteiger partial charge >= 0.3 is 0 Å². The molecule has 4 atom stereocenters. The van der Waals surface area contributed by atoms with Gasteiger partial charge in [-0.25, -0.2) is 0 Å². The summed E-state index contributed by atoms with van der Waals surface area (Å²) < 4.78 is 0. The molecule has 32 heavy (non-hydrogen) atoms. The summed E-state index contributed by atoms with van der Waals surface area (Å²) in [4.78, 5) is 28.4. The maximum absolute atomic E-state index is 13.2. The SMILES string of the molecule is Cc1cccc(C(=O)N[C@H]2CC[C@@]34CCCN3C(=O)CCC[C@H]4[C@H]2Cc2ccccc2)c1. The molecule has 0 radical (unpaired) electrons. The van der Waals surface area contributed by atoms with Gasteiger partial charge in [0.05, 0.1) is 0 Å². The van der Waals surface area contributed by atoms with Gasteiger partial charge in [-0.1, -0.05) is 48.0 Å². The Balaban J connectivity index is 1.46. The van der Waals surface area contributed by atoms with Crippen molar-refractivity contribution < 1.29 is 9.59 Å². The van der Waals surface area contributed by atoms with Crippen LogP contribution >= 0.6 is 0 Å². The molecule has 2 aromatic rings. The third-order valence-electron chi connectivity index (χ3n) is 8.26. The van der Waals surface area contributed by atoms with Gasteiger partial charge in [0, 0.05) is 30.1 Å². The van der Waals surface area contributed by atoms with Crippen molar-refractivity contribution >= 4 is 11.8 Å². The van der Waals surface area contributed by atoms with E-state index in [1.54, 1.807) is 0 Å². The first-order valence-electron chi connectivity index (χ1n) is 12.3. The normalized spacial score (nSPS) is 29.7. The monoisotopic (exact) mass is 430 g/mol. The number of nitrogens with zero attached hydrogens (tertiary/aromatic N) is 1. The van der Waals surface area contributed by atoms with Gasteiger partial charge in [-0.15, -0.1) is 0 Å². The van der Waals surface area contributed by atoms with Crippen LogP contribution in [0.15, 0.2) is 54.6 Å². The Hall–Kier alpha value is -2.62. The molecule has 1 spiro atoms. The Morgan fingerprint density at radius 2 is 1.91 bits per heavy atom. The Morgan fingerprint density at radius 1 is 1.06 bits per heavy atom. The molecule has 0 aromatic heterocycles. The molecule has 1 aliphatic carbocycles. The van der Waals surface area contributed by atoms with Gasteiger partial charge in [-0.2, -0.15) is 0 Å². The molecular weight excluding hydrogens is 396 g/mol. The summed E-state index contributed by atoms with van der Waals surface area (Å²) in [5, 5.41) is 3.43. The predicted molar refractivity (Wildman–Crippen MR) is 126 cm³/mol. The first-order valence-corrected chi connectivity index (χ1v) is 12.3. The molecule has 0 unspecified atom stereocenters. The van der Waals surface area contributed by atoms with Crippen molar-refractivity contribution in [2.75, 3.05) is 6.54 Å². The molecule has 4 heteroatoms. The zero-order valence-corrected chi connectivity index (χ0v) is 19.1. The highest BCUT2D eigenvalue weighted by Gasteiger charge is 2.56. The molecule has 1 N–H and O–H groups in total. The third-order valence-corrected chi connectivity index (χ3v) is 8.26. The zero-order chi connectivity index (χ0) is 22.1. The van der Waals surface area contributed by atoms with Crippen molar-refractivity contribution in [2.45, 2.75) is 69.9 Å². The molecule has 3 fully saturated rings. The molecule has 168 valence electrons. The highest BCUT2D eigenvalue weighted by Crippen LogP contribution is 2.52. The van der Waals surface area contributed by atoms with Gasteiger partial charge in [0.25, 0.3) is 5.91 Å². The van der Waals surface area contributed by atoms with Crippen molar-refractivity contribution in [3.8, 4) is 0 Å². The van der Waals surface area contributed by atoms with E-state index in [-0.39, 0.29) is 17.5 Å². The van der Waals surface area contributed by atoms with Crippen LogP contribution in [0.5, 0.6) is 0 Å². The summed E-state index contributed by atoms with van der Waals surface area (Å²) in [5.74, 6) is 1.16. The number of aryl methyl sites for hydroxylation is 1. The van der Waals surface area contributed by atoms with E-state index in [1.807, 2.05) is 31.2 Å². The largest absolute Gasteiger partial charge is 0.349 e. The van der Waals surface area contributed by atoms with E-state index in [0.29, 0.717) is 24.2 Å². The number of hydrogen-bond donors (Lipinski definition) is 1. The van der Waals surface area contributed by atoms with Crippen molar-refractivity contribution in [1.82, 2.24) is 10.2 Å². The number of amides is 2. The minimum absolute atomic E-state index is 0.00239. The summed E-state index contributed by atoms with van der Waals surface area (Å²) in [6, 6.07) is 18.7. The lowest BCUT2D eigenvalue weighted by Gasteiger charge is -2.53. The van der Waals surface area contributed by atoms with Crippen LogP contribution in [-0.2, 0) is 11.2 Å². The van der Waals surface area contributed by atoms with Crippen molar-refractivity contribution in [3.63, 3.8) is 0 Å². The number of rotatable bonds is 4. The first-order chi connectivity index (χ1) is 15.6. The number of hydrogen-bond acceptors (Lipinski definition) is 2. The average molecular weight is 431 g/mol. The minimum Gasteiger partial charge on any atom is -0.349 e. The van der Waals surface area contributed by atoms with E-state index in [9.17, 15) is 9.59 Å². The average Bonchev–Trinajstić information content (AvgIpc) is 3.16. The van der Waals surface area contributed by atoms with Crippen LogP contribution in [0.3, 0.4) is 0 Å². The molecule has 2 aromatic carbocycles. The lowest BCUT2D eigenvalue weighted by Crippen LogP contribution is -2.60. The molecule has 1 saturated carbocycles. The van der Waals surface area contributed by atoms with Gasteiger partial charge in [-0.05, 0) is 81.4 Å². The van der Waals surface area contributed by atoms with Crippen molar-refractivity contribution in [3.05, 3.63) is 71.3 Å². The molecule has 4 nitrogen and oxygen atoms in total. The van der Waals surface area contributed by atoms with Crippen LogP contribution in [0.1, 0.15) is 66.4 Å². The second-order valence-electron chi connectivity index (χ2n) is 10.1. The van der Waals surface area contributed by atoms with E-state index in [0.717, 1.165) is 62.6 Å². The summed E-state index contributed by atoms with van der Waals surface area (Å²) in [7, 11) is 0. The van der Waals surface area contributed by atoms with E-state index < -0.39 is 0 Å². The van der Waals surface area contributed by atoms with Gasteiger partial charge in [-0.3, -0.25) is 9.59 Å². The molecule has 2 heterocycles. The van der Waals surface area contributed by atoms with E-state index in [2.05, 4.69) is 40.5 Å². The highest BCUT2D eigenvalue weighted by molar-refractivity contribution is 5.94. The number of benzene rings is 2. The Kier molecular flexibility index (Phi) is 5.79. The van der Waals surface area contributed by atoms with Gasteiger partial charge in [0.15, 0.2) is 0 Å². The van der Waals surface area contributed by atoms with E-state index >= 15 is 0 Å². The van der Waals surface area contributed by atoms with Gasteiger partial charge in [0.2, 0.25) is 5.91 Å². The van der Waals surface area contributed by atoms with Crippen LogP contribution in [0.2, 0.25) is 0 Å². The van der Waals surface area contributed by atoms with Crippen molar-refractivity contribution in [2.24, 2.45) is 11.8 Å². The lowest BCUT2D eigenvalue weighted by atomic mass is 9.61. The molecule has 2 saturated heterocycles.